The summed E-state index contributed by atoms with van der Waals surface area (Å²) in [6.45, 7) is -0.990. The molecule has 1 aromatic carbocycles. The molecule has 0 bridgehead atoms. The van der Waals surface area contributed by atoms with Crippen molar-refractivity contribution in [3.63, 3.8) is 0 Å². The van der Waals surface area contributed by atoms with Crippen molar-refractivity contribution < 1.29 is 26.4 Å². The largest absolute Gasteiger partial charge is 0.408 e. The van der Waals surface area contributed by atoms with Crippen LogP contribution in [0.15, 0.2) is 71.0 Å². The minimum absolute atomic E-state index is 0.0700. The first-order valence-corrected chi connectivity index (χ1v) is 11.2. The van der Waals surface area contributed by atoms with E-state index in [1.54, 1.807) is 24.5 Å². The monoisotopic (exact) mass is 464 g/mol. The Labute approximate surface area is 182 Å². The van der Waals surface area contributed by atoms with E-state index in [0.717, 1.165) is 24.2 Å². The average Bonchev–Trinajstić information content (AvgIpc) is 3.31. The van der Waals surface area contributed by atoms with Crippen LogP contribution in [0.1, 0.15) is 17.9 Å². The highest BCUT2D eigenvalue weighted by Gasteiger charge is 2.54. The third-order valence-corrected chi connectivity index (χ3v) is 7.21. The lowest BCUT2D eigenvalue weighted by molar-refractivity contribution is -0.142. The molecule has 1 saturated carbocycles. The van der Waals surface area contributed by atoms with Gasteiger partial charge >= 0.3 is 6.18 Å². The van der Waals surface area contributed by atoms with Crippen LogP contribution in [0.5, 0.6) is 0 Å². The number of carbonyl (C=O) groups is 1. The Balaban J connectivity index is 1.42. The molecule has 4 rings (SSSR count). The third-order valence-electron chi connectivity index (χ3n) is 5.49. The summed E-state index contributed by atoms with van der Waals surface area (Å²) in [5.74, 6) is 0.0779. The van der Waals surface area contributed by atoms with Gasteiger partial charge in [0.05, 0.1) is 16.5 Å². The molecule has 3 aromatic rings. The molecule has 2 unspecified atom stereocenters. The number of hydrogen-bond acceptors (Lipinski definition) is 6. The normalized spacial score (nSPS) is 20.7. The summed E-state index contributed by atoms with van der Waals surface area (Å²) >= 11 is 0. The molecule has 1 aliphatic rings. The second kappa shape index (κ2) is 8.05. The molecule has 1 aliphatic carbocycles. The van der Waals surface area contributed by atoms with Crippen LogP contribution >= 0.6 is 0 Å². The van der Waals surface area contributed by atoms with Crippen molar-refractivity contribution in [2.45, 2.75) is 34.9 Å². The number of nitrogens with one attached hydrogen (secondary N) is 1. The number of aldehydes is 1. The van der Waals surface area contributed by atoms with Crippen LogP contribution < -0.4 is 5.32 Å². The van der Waals surface area contributed by atoms with Crippen LogP contribution in [0.3, 0.4) is 0 Å². The summed E-state index contributed by atoms with van der Waals surface area (Å²) in [5, 5.41) is 6.64. The minimum atomic E-state index is -4.50. The molecule has 2 heterocycles. The highest BCUT2D eigenvalue weighted by molar-refractivity contribution is 7.91. The molecule has 0 spiro atoms. The predicted molar refractivity (Wildman–Crippen MR) is 109 cm³/mol. The standard InChI is InChI=1S/C21H19F3N4O3S/c22-21(23,24)13-28-11-18(10-27-28)32(30,31)17-5-3-16(4-6-17)26-12-20(14-29)8-19(20)15-2-1-7-25-9-15/h1-7,9-11,14,19,26H,8,12-13H2. The van der Waals surface area contributed by atoms with Crippen LogP contribution in [0.4, 0.5) is 18.9 Å². The van der Waals surface area contributed by atoms with E-state index in [1.165, 1.54) is 12.1 Å². The van der Waals surface area contributed by atoms with Gasteiger partial charge in [-0.05, 0) is 42.3 Å². The van der Waals surface area contributed by atoms with Gasteiger partial charge in [-0.3, -0.25) is 9.67 Å². The molecule has 32 heavy (non-hydrogen) atoms. The van der Waals surface area contributed by atoms with Crippen molar-refractivity contribution in [1.82, 2.24) is 14.8 Å². The molecular weight excluding hydrogens is 445 g/mol. The second-order valence-electron chi connectivity index (χ2n) is 7.76. The zero-order chi connectivity index (χ0) is 23.0. The Hall–Kier alpha value is -3.21. The van der Waals surface area contributed by atoms with Crippen LogP contribution in [0.25, 0.3) is 0 Å². The van der Waals surface area contributed by atoms with E-state index in [1.807, 2.05) is 12.1 Å². The molecule has 7 nitrogen and oxygen atoms in total. The van der Waals surface area contributed by atoms with E-state index in [-0.39, 0.29) is 15.7 Å². The van der Waals surface area contributed by atoms with Crippen molar-refractivity contribution in [3.05, 3.63) is 66.7 Å². The van der Waals surface area contributed by atoms with Gasteiger partial charge in [0.1, 0.15) is 17.7 Å². The van der Waals surface area contributed by atoms with Gasteiger partial charge < -0.3 is 10.1 Å². The lowest BCUT2D eigenvalue weighted by Crippen LogP contribution is -2.19. The Kier molecular flexibility index (Phi) is 5.53. The van der Waals surface area contributed by atoms with E-state index in [0.29, 0.717) is 23.3 Å². The number of sulfone groups is 1. The van der Waals surface area contributed by atoms with Crippen LogP contribution in [0, 0.1) is 5.41 Å². The Morgan fingerprint density at radius 3 is 2.53 bits per heavy atom. The van der Waals surface area contributed by atoms with Gasteiger partial charge in [-0.25, -0.2) is 8.42 Å². The summed E-state index contributed by atoms with van der Waals surface area (Å²) in [7, 11) is -4.01. The molecule has 2 atom stereocenters. The van der Waals surface area contributed by atoms with Crippen molar-refractivity contribution in [1.29, 1.82) is 0 Å². The second-order valence-corrected chi connectivity index (χ2v) is 9.71. The first kappa shape index (κ1) is 22.0. The van der Waals surface area contributed by atoms with Crippen LogP contribution in [0.2, 0.25) is 0 Å². The summed E-state index contributed by atoms with van der Waals surface area (Å²) in [6, 6.07) is 9.57. The van der Waals surface area contributed by atoms with Crippen LogP contribution in [-0.4, -0.2) is 42.2 Å². The molecule has 0 amide bonds. The predicted octanol–water partition coefficient (Wildman–Crippen LogP) is 3.46. The van der Waals surface area contributed by atoms with Gasteiger partial charge in [0.25, 0.3) is 0 Å². The molecule has 11 heteroatoms. The molecule has 168 valence electrons. The number of hydrogen-bond donors (Lipinski definition) is 1. The highest BCUT2D eigenvalue weighted by atomic mass is 32.2. The summed E-state index contributed by atoms with van der Waals surface area (Å²) < 4.78 is 63.4. The quantitative estimate of drug-likeness (QED) is 0.513. The number of aromatic nitrogens is 3. The van der Waals surface area contributed by atoms with E-state index < -0.39 is 28.0 Å². The van der Waals surface area contributed by atoms with E-state index >= 15 is 0 Å². The van der Waals surface area contributed by atoms with Crippen molar-refractivity contribution >= 4 is 21.8 Å². The van der Waals surface area contributed by atoms with E-state index in [4.69, 9.17) is 0 Å². The fourth-order valence-electron chi connectivity index (χ4n) is 3.63. The third kappa shape index (κ3) is 4.52. The molecule has 1 fully saturated rings. The summed E-state index contributed by atoms with van der Waals surface area (Å²) in [5.41, 5.74) is 1.07. The number of halogens is 3. The van der Waals surface area contributed by atoms with Crippen LogP contribution in [-0.2, 0) is 21.2 Å². The fraction of sp³-hybridized carbons (Fsp3) is 0.286. The minimum Gasteiger partial charge on any atom is -0.384 e. The zero-order valence-electron chi connectivity index (χ0n) is 16.7. The number of pyridine rings is 1. The van der Waals surface area contributed by atoms with Crippen molar-refractivity contribution in [3.8, 4) is 0 Å². The number of benzene rings is 1. The number of anilines is 1. The maximum Gasteiger partial charge on any atom is 0.408 e. The number of rotatable bonds is 8. The lowest BCUT2D eigenvalue weighted by Gasteiger charge is -2.13. The van der Waals surface area contributed by atoms with E-state index in [2.05, 4.69) is 15.4 Å². The maximum atomic E-state index is 12.7. The van der Waals surface area contributed by atoms with Gasteiger partial charge in [-0.1, -0.05) is 6.07 Å². The Morgan fingerprint density at radius 1 is 1.16 bits per heavy atom. The molecule has 2 aromatic heterocycles. The topological polar surface area (TPSA) is 94.0 Å². The molecule has 0 radical (unpaired) electrons. The molecule has 0 saturated heterocycles. The van der Waals surface area contributed by atoms with Gasteiger partial charge in [0.15, 0.2) is 0 Å². The molecular formula is C21H19F3N4O3S. The van der Waals surface area contributed by atoms with Gasteiger partial charge in [-0.2, -0.15) is 18.3 Å². The SMILES string of the molecule is O=CC1(CNc2ccc(S(=O)(=O)c3cnn(CC(F)(F)F)c3)cc2)CC1c1cccnc1. The molecule has 1 N–H and O–H groups in total. The first-order chi connectivity index (χ1) is 15.1. The Bertz CT molecular complexity index is 1210. The number of nitrogens with zero attached hydrogens (tertiary/aromatic N) is 3. The summed E-state index contributed by atoms with van der Waals surface area (Å²) in [4.78, 5) is 15.4. The Morgan fingerprint density at radius 2 is 1.91 bits per heavy atom. The summed E-state index contributed by atoms with van der Waals surface area (Å²) in [6.07, 6.45) is 2.30. The molecule has 0 aliphatic heterocycles. The van der Waals surface area contributed by atoms with Gasteiger partial charge in [0, 0.05) is 36.7 Å². The van der Waals surface area contributed by atoms with Crippen molar-refractivity contribution in [2.24, 2.45) is 5.41 Å². The zero-order valence-corrected chi connectivity index (χ0v) is 17.5. The maximum absolute atomic E-state index is 12.7. The first-order valence-electron chi connectivity index (χ1n) is 9.67. The van der Waals surface area contributed by atoms with Gasteiger partial charge in [0.2, 0.25) is 9.84 Å². The lowest BCUT2D eigenvalue weighted by atomic mass is 10.0. The number of carbonyl (C=O) groups excluding carboxylic acids is 1. The smallest absolute Gasteiger partial charge is 0.384 e. The van der Waals surface area contributed by atoms with Gasteiger partial charge in [-0.15, -0.1) is 0 Å². The fourth-order valence-corrected chi connectivity index (χ4v) is 4.84. The average molecular weight is 464 g/mol. The highest BCUT2D eigenvalue weighted by Crippen LogP contribution is 2.57. The van der Waals surface area contributed by atoms with Crippen molar-refractivity contribution in [2.75, 3.05) is 11.9 Å². The van der Waals surface area contributed by atoms with E-state index in [9.17, 15) is 26.4 Å². The number of alkyl halides is 3.